The number of rotatable bonds is 3. The van der Waals surface area contributed by atoms with Gasteiger partial charge in [0.05, 0.1) is 18.0 Å². The molecule has 7 nitrogen and oxygen atoms in total. The Hall–Kier alpha value is -3.03. The number of anilines is 2. The molecule has 2 amide bonds. The fraction of sp³-hybridized carbons (Fsp3) is 0.429. The number of amides is 2. The molecule has 0 radical (unpaired) electrons. The third-order valence-electron chi connectivity index (χ3n) is 6.17. The number of piperidine rings is 1. The Bertz CT molecular complexity index is 954. The monoisotopic (exact) mass is 395 g/mol. The summed E-state index contributed by atoms with van der Waals surface area (Å²) >= 11 is 0. The lowest BCUT2D eigenvalue weighted by Gasteiger charge is -2.57. The number of aryl methyl sites for hydroxylation is 1. The molecule has 3 unspecified atom stereocenters. The number of hydrogen-bond donors (Lipinski definition) is 0. The van der Waals surface area contributed by atoms with E-state index in [1.807, 2.05) is 17.9 Å². The molecule has 2 bridgehead atoms. The van der Waals surface area contributed by atoms with Crippen molar-refractivity contribution in [2.24, 2.45) is 5.92 Å². The Balaban J connectivity index is 1.26. The van der Waals surface area contributed by atoms with Gasteiger partial charge in [0, 0.05) is 43.5 Å². The molecule has 4 aliphatic rings. The van der Waals surface area contributed by atoms with Gasteiger partial charge in [0.25, 0.3) is 0 Å². The van der Waals surface area contributed by atoms with Crippen molar-refractivity contribution in [3.05, 3.63) is 48.2 Å². The minimum atomic E-state index is -0.343. The molecule has 0 spiro atoms. The van der Waals surface area contributed by atoms with Crippen LogP contribution < -0.4 is 9.80 Å². The van der Waals surface area contributed by atoms with Crippen molar-refractivity contribution >= 4 is 23.3 Å². The van der Waals surface area contributed by atoms with Gasteiger partial charge in [0.15, 0.2) is 0 Å². The summed E-state index contributed by atoms with van der Waals surface area (Å²) in [5.41, 5.74) is 1.56. The molecule has 29 heavy (non-hydrogen) atoms. The van der Waals surface area contributed by atoms with E-state index in [0.29, 0.717) is 12.2 Å². The van der Waals surface area contributed by atoms with Crippen molar-refractivity contribution < 1.29 is 14.0 Å². The molecule has 2 aromatic rings. The first-order valence-electron chi connectivity index (χ1n) is 9.91. The van der Waals surface area contributed by atoms with E-state index in [0.717, 1.165) is 31.0 Å². The van der Waals surface area contributed by atoms with Crippen LogP contribution in [0.4, 0.5) is 15.9 Å². The third kappa shape index (κ3) is 3.12. The molecule has 4 aliphatic heterocycles. The van der Waals surface area contributed by atoms with E-state index >= 15 is 0 Å². The fourth-order valence-electron chi connectivity index (χ4n) is 4.72. The Morgan fingerprint density at radius 3 is 2.52 bits per heavy atom. The van der Waals surface area contributed by atoms with Crippen LogP contribution in [0.3, 0.4) is 0 Å². The summed E-state index contributed by atoms with van der Waals surface area (Å²) in [4.78, 5) is 39.9. The number of piperazine rings is 1. The molecule has 0 aliphatic carbocycles. The van der Waals surface area contributed by atoms with Crippen LogP contribution >= 0.6 is 0 Å². The van der Waals surface area contributed by atoms with E-state index in [1.54, 1.807) is 23.4 Å². The lowest BCUT2D eigenvalue weighted by Crippen LogP contribution is -2.71. The first-order valence-corrected chi connectivity index (χ1v) is 9.91. The average molecular weight is 395 g/mol. The first kappa shape index (κ1) is 18.0. The molecule has 3 atom stereocenters. The summed E-state index contributed by atoms with van der Waals surface area (Å²) in [6.07, 6.45) is 2.78. The van der Waals surface area contributed by atoms with Gasteiger partial charge in [-0.05, 0) is 37.6 Å². The van der Waals surface area contributed by atoms with Gasteiger partial charge in [-0.3, -0.25) is 9.59 Å². The molecule has 6 rings (SSSR count). The van der Waals surface area contributed by atoms with Crippen molar-refractivity contribution in [1.29, 1.82) is 0 Å². The zero-order chi connectivity index (χ0) is 20.1. The van der Waals surface area contributed by atoms with Crippen LogP contribution in [-0.4, -0.2) is 58.4 Å². The Morgan fingerprint density at radius 1 is 1.10 bits per heavy atom. The van der Waals surface area contributed by atoms with Crippen molar-refractivity contribution in [1.82, 2.24) is 14.9 Å². The van der Waals surface area contributed by atoms with Gasteiger partial charge in [-0.25, -0.2) is 14.4 Å². The predicted molar refractivity (Wildman–Crippen MR) is 105 cm³/mol. The van der Waals surface area contributed by atoms with Gasteiger partial charge >= 0.3 is 0 Å². The molecule has 4 fully saturated rings. The van der Waals surface area contributed by atoms with Crippen molar-refractivity contribution in [2.45, 2.75) is 31.8 Å². The van der Waals surface area contributed by atoms with Gasteiger partial charge < -0.3 is 14.7 Å². The van der Waals surface area contributed by atoms with E-state index in [1.165, 1.54) is 12.1 Å². The molecule has 8 heteroatoms. The molecule has 150 valence electrons. The van der Waals surface area contributed by atoms with Crippen LogP contribution in [0.25, 0.3) is 0 Å². The van der Waals surface area contributed by atoms with Crippen LogP contribution in [-0.2, 0) is 9.59 Å². The highest BCUT2D eigenvalue weighted by Gasteiger charge is 2.50. The van der Waals surface area contributed by atoms with Crippen LogP contribution in [0, 0.1) is 18.7 Å². The Morgan fingerprint density at radius 2 is 1.83 bits per heavy atom. The maximum absolute atomic E-state index is 13.2. The second kappa shape index (κ2) is 6.79. The molecule has 1 aromatic carbocycles. The van der Waals surface area contributed by atoms with Crippen molar-refractivity contribution in [3.63, 3.8) is 0 Å². The molecule has 5 heterocycles. The minimum absolute atomic E-state index is 0.0581. The van der Waals surface area contributed by atoms with Crippen molar-refractivity contribution in [3.8, 4) is 0 Å². The lowest BCUT2D eigenvalue weighted by atomic mass is 9.85. The predicted octanol–water partition coefficient (Wildman–Crippen LogP) is 1.77. The highest BCUT2D eigenvalue weighted by atomic mass is 19.1. The second-order valence-corrected chi connectivity index (χ2v) is 8.09. The summed E-state index contributed by atoms with van der Waals surface area (Å²) in [6, 6.07) is 8.12. The topological polar surface area (TPSA) is 69.6 Å². The third-order valence-corrected chi connectivity index (χ3v) is 6.17. The number of halogens is 1. The number of carbonyl (C=O) groups excluding carboxylic acids is 2. The smallest absolute Gasteiger partial charge is 0.228 e. The summed E-state index contributed by atoms with van der Waals surface area (Å²) in [7, 11) is 0. The first-order chi connectivity index (χ1) is 14.0. The number of aromatic nitrogens is 2. The largest absolute Gasteiger partial charge is 0.352 e. The fourth-order valence-corrected chi connectivity index (χ4v) is 4.72. The van der Waals surface area contributed by atoms with E-state index in [9.17, 15) is 14.0 Å². The molecular formula is C21H22FN5O2. The highest BCUT2D eigenvalue weighted by molar-refractivity contribution is 6.00. The van der Waals surface area contributed by atoms with Gasteiger partial charge in [0.1, 0.15) is 18.0 Å². The number of nitrogens with zero attached hydrogens (tertiary/aromatic N) is 5. The number of hydrogen-bond acceptors (Lipinski definition) is 5. The van der Waals surface area contributed by atoms with Crippen molar-refractivity contribution in [2.75, 3.05) is 29.4 Å². The van der Waals surface area contributed by atoms with Gasteiger partial charge in [-0.15, -0.1) is 0 Å². The number of fused-ring (bicyclic) bond motifs is 2. The van der Waals surface area contributed by atoms with Gasteiger partial charge in [0.2, 0.25) is 11.8 Å². The normalized spacial score (nSPS) is 25.9. The van der Waals surface area contributed by atoms with Crippen LogP contribution in [0.2, 0.25) is 0 Å². The van der Waals surface area contributed by atoms with E-state index in [-0.39, 0.29) is 42.1 Å². The zero-order valence-electron chi connectivity index (χ0n) is 16.2. The molecular weight excluding hydrogens is 373 g/mol. The van der Waals surface area contributed by atoms with E-state index in [2.05, 4.69) is 14.9 Å². The quantitative estimate of drug-likeness (QED) is 0.792. The summed E-state index contributed by atoms with van der Waals surface area (Å²) in [5, 5.41) is 0. The average Bonchev–Trinajstić information content (AvgIpc) is 3.10. The zero-order valence-corrected chi connectivity index (χ0v) is 16.2. The van der Waals surface area contributed by atoms with E-state index in [4.69, 9.17) is 0 Å². The summed E-state index contributed by atoms with van der Waals surface area (Å²) < 4.78 is 13.2. The number of carbonyl (C=O) groups is 2. The molecule has 1 aromatic heterocycles. The molecule has 0 saturated carbocycles. The molecule has 4 saturated heterocycles. The highest BCUT2D eigenvalue weighted by Crippen LogP contribution is 2.37. The standard InChI is InChI=1S/C21H22FN5O2/c1-13-6-19(24-12-23-13)25-10-17-8-18(11-25)27(17)21(29)14-7-20(28)26(9-14)16-4-2-15(22)3-5-16/h2-6,12,14,17-18H,7-11H2,1H3. The van der Waals surface area contributed by atoms with E-state index < -0.39 is 0 Å². The molecule has 0 N–H and O–H groups in total. The second-order valence-electron chi connectivity index (χ2n) is 8.09. The lowest BCUT2D eigenvalue weighted by molar-refractivity contribution is -0.150. The van der Waals surface area contributed by atoms with Gasteiger partial charge in [-0.2, -0.15) is 0 Å². The maximum atomic E-state index is 13.2. The summed E-state index contributed by atoms with van der Waals surface area (Å²) in [5.74, 6) is 0.190. The minimum Gasteiger partial charge on any atom is -0.352 e. The Kier molecular flexibility index (Phi) is 4.22. The Labute approximate surface area is 168 Å². The van der Waals surface area contributed by atoms with Crippen LogP contribution in [0.1, 0.15) is 18.5 Å². The van der Waals surface area contributed by atoms with Crippen LogP contribution in [0.5, 0.6) is 0 Å². The summed E-state index contributed by atoms with van der Waals surface area (Å²) in [6.45, 7) is 3.80. The van der Waals surface area contributed by atoms with Crippen LogP contribution in [0.15, 0.2) is 36.7 Å². The van der Waals surface area contributed by atoms with Gasteiger partial charge in [-0.1, -0.05) is 0 Å². The number of benzene rings is 1. The SMILES string of the molecule is Cc1cc(N2CC3CC(C2)N3C(=O)C2CC(=O)N(c3ccc(F)cc3)C2)ncn1. The maximum Gasteiger partial charge on any atom is 0.228 e.